The zero-order chi connectivity index (χ0) is 20.7. The molecule has 3 aromatic rings. The summed E-state index contributed by atoms with van der Waals surface area (Å²) in [7, 11) is 1.64. The van der Waals surface area contributed by atoms with Crippen molar-refractivity contribution in [2.75, 3.05) is 19.0 Å². The molecule has 1 saturated heterocycles. The van der Waals surface area contributed by atoms with Gasteiger partial charge in [0.1, 0.15) is 11.4 Å². The maximum absolute atomic E-state index is 13.5. The summed E-state index contributed by atoms with van der Waals surface area (Å²) in [6.45, 7) is 0.624. The third kappa shape index (κ3) is 3.67. The number of methoxy groups -OCH3 is 1. The molecule has 1 N–H and O–H groups in total. The first kappa shape index (κ1) is 19.4. The van der Waals surface area contributed by atoms with Crippen LogP contribution < -0.4 is 10.1 Å². The summed E-state index contributed by atoms with van der Waals surface area (Å²) < 4.78 is 6.17. The zero-order valence-corrected chi connectivity index (χ0v) is 18.7. The van der Waals surface area contributed by atoms with Crippen LogP contribution in [-0.2, 0) is 0 Å². The minimum Gasteiger partial charge on any atom is -0.497 e. The van der Waals surface area contributed by atoms with Crippen LogP contribution in [0.5, 0.6) is 5.75 Å². The SMILES string of the molecule is COc1cccc(-c2scnc2C(=O)N2[C@H](CNc3ncc(Br)cn3)C[C@@H]3C[C@@H]32)c1. The van der Waals surface area contributed by atoms with E-state index in [2.05, 4.69) is 36.2 Å². The minimum absolute atomic E-state index is 0.00240. The van der Waals surface area contributed by atoms with Crippen molar-refractivity contribution < 1.29 is 9.53 Å². The molecule has 1 aliphatic carbocycles. The van der Waals surface area contributed by atoms with E-state index in [9.17, 15) is 4.79 Å². The zero-order valence-electron chi connectivity index (χ0n) is 16.3. The van der Waals surface area contributed by atoms with E-state index in [0.29, 0.717) is 30.1 Å². The van der Waals surface area contributed by atoms with Crippen LogP contribution in [-0.4, -0.2) is 51.5 Å². The normalized spacial score (nSPS) is 21.9. The van der Waals surface area contributed by atoms with Crippen LogP contribution in [0.25, 0.3) is 10.4 Å². The standard InChI is InChI=1S/C21H20BrN5O2S/c1-29-16-4-2-3-12(6-16)19-18(26-11-30-19)20(28)27-15(5-13-7-17(13)27)10-25-21-23-8-14(22)9-24-21/h2-4,6,8-9,11,13,15,17H,5,7,10H2,1H3,(H,23,24,25)/t13-,15+,17+/m1/s1. The Morgan fingerprint density at radius 2 is 2.13 bits per heavy atom. The summed E-state index contributed by atoms with van der Waals surface area (Å²) in [5, 5.41) is 3.28. The van der Waals surface area contributed by atoms with Gasteiger partial charge in [-0.3, -0.25) is 4.79 Å². The van der Waals surface area contributed by atoms with Crippen LogP contribution in [0.2, 0.25) is 0 Å². The Bertz CT molecular complexity index is 1070. The Morgan fingerprint density at radius 1 is 1.30 bits per heavy atom. The molecule has 0 spiro atoms. The molecule has 30 heavy (non-hydrogen) atoms. The van der Waals surface area contributed by atoms with Gasteiger partial charge in [0.25, 0.3) is 5.91 Å². The molecular weight excluding hydrogens is 466 g/mol. The lowest BCUT2D eigenvalue weighted by atomic mass is 10.1. The number of halogens is 1. The molecule has 0 radical (unpaired) electrons. The highest BCUT2D eigenvalue weighted by molar-refractivity contribution is 9.10. The van der Waals surface area contributed by atoms with Crippen LogP contribution in [0.4, 0.5) is 5.95 Å². The highest BCUT2D eigenvalue weighted by atomic mass is 79.9. The van der Waals surface area contributed by atoms with Gasteiger partial charge in [-0.05, 0) is 52.4 Å². The third-order valence-electron chi connectivity index (χ3n) is 5.66. The summed E-state index contributed by atoms with van der Waals surface area (Å²) in [5.41, 5.74) is 3.21. The van der Waals surface area contributed by atoms with Crippen LogP contribution in [0.1, 0.15) is 23.3 Å². The smallest absolute Gasteiger partial charge is 0.274 e. The first-order valence-corrected chi connectivity index (χ1v) is 11.4. The summed E-state index contributed by atoms with van der Waals surface area (Å²) >= 11 is 4.82. The Kier molecular flexibility index (Phi) is 5.16. The maximum Gasteiger partial charge on any atom is 0.274 e. The van der Waals surface area contributed by atoms with E-state index in [4.69, 9.17) is 4.74 Å². The molecule has 9 heteroatoms. The van der Waals surface area contributed by atoms with Gasteiger partial charge in [-0.15, -0.1) is 11.3 Å². The second-order valence-electron chi connectivity index (χ2n) is 7.53. The number of hydrogen-bond donors (Lipinski definition) is 1. The van der Waals surface area contributed by atoms with E-state index in [-0.39, 0.29) is 11.9 Å². The number of nitrogens with zero attached hydrogens (tertiary/aromatic N) is 4. The van der Waals surface area contributed by atoms with E-state index < -0.39 is 0 Å². The molecule has 0 bridgehead atoms. The lowest BCUT2D eigenvalue weighted by Gasteiger charge is -2.27. The third-order valence-corrected chi connectivity index (χ3v) is 6.95. The topological polar surface area (TPSA) is 80.2 Å². The van der Waals surface area contributed by atoms with Gasteiger partial charge >= 0.3 is 0 Å². The molecule has 3 heterocycles. The van der Waals surface area contributed by atoms with E-state index in [0.717, 1.165) is 33.5 Å². The van der Waals surface area contributed by atoms with E-state index in [1.165, 1.54) is 11.3 Å². The van der Waals surface area contributed by atoms with Crippen molar-refractivity contribution in [3.63, 3.8) is 0 Å². The van der Waals surface area contributed by atoms with E-state index >= 15 is 0 Å². The Hall–Kier alpha value is -2.52. The van der Waals surface area contributed by atoms with Crippen LogP contribution in [0.15, 0.2) is 46.6 Å². The first-order valence-electron chi connectivity index (χ1n) is 9.76. The number of rotatable bonds is 6. The number of carbonyl (C=O) groups excluding carboxylic acids is 1. The molecule has 1 amide bonds. The number of fused-ring (bicyclic) bond motifs is 1. The van der Waals surface area contributed by atoms with Gasteiger partial charge < -0.3 is 15.0 Å². The van der Waals surface area contributed by atoms with Crippen molar-refractivity contribution in [3.8, 4) is 16.2 Å². The predicted octanol–water partition coefficient (Wildman–Crippen LogP) is 4.09. The van der Waals surface area contributed by atoms with Crippen LogP contribution in [0, 0.1) is 5.92 Å². The van der Waals surface area contributed by atoms with Gasteiger partial charge in [0.2, 0.25) is 5.95 Å². The molecule has 1 saturated carbocycles. The van der Waals surface area contributed by atoms with Gasteiger partial charge in [0, 0.05) is 25.0 Å². The molecule has 154 valence electrons. The Balaban J connectivity index is 1.36. The Labute approximate surface area is 186 Å². The molecule has 2 aliphatic rings. The second kappa shape index (κ2) is 7.96. The number of likely N-dealkylation sites (tertiary alicyclic amines) is 1. The number of ether oxygens (including phenoxy) is 1. The van der Waals surface area contributed by atoms with Crippen molar-refractivity contribution in [1.82, 2.24) is 19.9 Å². The van der Waals surface area contributed by atoms with Crippen LogP contribution in [0.3, 0.4) is 0 Å². The number of carbonyl (C=O) groups is 1. The van der Waals surface area contributed by atoms with Gasteiger partial charge in [-0.2, -0.15) is 0 Å². The summed E-state index contributed by atoms with van der Waals surface area (Å²) in [4.78, 5) is 29.4. The monoisotopic (exact) mass is 485 g/mol. The van der Waals surface area contributed by atoms with Gasteiger partial charge in [-0.25, -0.2) is 15.0 Å². The van der Waals surface area contributed by atoms with E-state index in [1.807, 2.05) is 29.2 Å². The molecule has 3 atom stereocenters. The van der Waals surface area contributed by atoms with Crippen molar-refractivity contribution in [2.24, 2.45) is 5.92 Å². The summed E-state index contributed by atoms with van der Waals surface area (Å²) in [6.07, 6.45) is 5.49. The number of nitrogens with one attached hydrogen (secondary N) is 1. The fourth-order valence-electron chi connectivity index (χ4n) is 4.16. The average molecular weight is 486 g/mol. The van der Waals surface area contributed by atoms with Crippen molar-refractivity contribution in [1.29, 1.82) is 0 Å². The number of piperidine rings is 1. The first-order chi connectivity index (χ1) is 14.6. The number of thiazole rings is 1. The number of benzene rings is 1. The number of hydrogen-bond acceptors (Lipinski definition) is 7. The molecule has 2 aromatic heterocycles. The average Bonchev–Trinajstić information content (AvgIpc) is 3.20. The number of amides is 1. The van der Waals surface area contributed by atoms with Gasteiger partial charge in [-0.1, -0.05) is 12.1 Å². The fourth-order valence-corrected chi connectivity index (χ4v) is 5.14. The van der Waals surface area contributed by atoms with E-state index in [1.54, 1.807) is 25.0 Å². The van der Waals surface area contributed by atoms with Crippen molar-refractivity contribution in [3.05, 3.63) is 52.3 Å². The maximum atomic E-state index is 13.5. The number of aromatic nitrogens is 3. The fraction of sp³-hybridized carbons (Fsp3) is 0.333. The van der Waals surface area contributed by atoms with Crippen molar-refractivity contribution in [2.45, 2.75) is 24.9 Å². The molecule has 7 nitrogen and oxygen atoms in total. The highest BCUT2D eigenvalue weighted by Crippen LogP contribution is 2.48. The largest absolute Gasteiger partial charge is 0.497 e. The summed E-state index contributed by atoms with van der Waals surface area (Å²) in [6, 6.07) is 8.18. The lowest BCUT2D eigenvalue weighted by molar-refractivity contribution is 0.0704. The molecule has 1 aromatic carbocycles. The molecule has 5 rings (SSSR count). The minimum atomic E-state index is 0.00240. The number of anilines is 1. The molecule has 1 aliphatic heterocycles. The highest BCUT2D eigenvalue weighted by Gasteiger charge is 2.54. The van der Waals surface area contributed by atoms with Crippen LogP contribution >= 0.6 is 27.3 Å². The lowest BCUT2D eigenvalue weighted by Crippen LogP contribution is -2.42. The second-order valence-corrected chi connectivity index (χ2v) is 9.30. The van der Waals surface area contributed by atoms with Gasteiger partial charge in [0.15, 0.2) is 0 Å². The Morgan fingerprint density at radius 3 is 2.93 bits per heavy atom. The quantitative estimate of drug-likeness (QED) is 0.566. The predicted molar refractivity (Wildman–Crippen MR) is 119 cm³/mol. The van der Waals surface area contributed by atoms with Gasteiger partial charge in [0.05, 0.1) is 28.0 Å². The molecular formula is C21H20BrN5O2S. The molecule has 0 unspecified atom stereocenters. The summed E-state index contributed by atoms with van der Waals surface area (Å²) in [5.74, 6) is 1.92. The molecule has 2 fully saturated rings. The van der Waals surface area contributed by atoms with Crippen molar-refractivity contribution >= 4 is 39.1 Å².